The standard InChI is InChI=1S/C40H70N2O10/c1-14-18-20-29(16-3)52-41-32-24(5)23-39(10,48-13)36(51-38-34(44)30(22-25(6)49-38)42(12)21-19-15-2)27(8)33(43)28(9)37(46)50-31(17-4)40(11,47)35(45)26(32)7/h2,24-31,34-36,38,44-45,47H,14,16-23H2,1,3-13H3/b41-32+/t24-,25-,26+,27+,28-,29+,30+,31-,34-,35-,36-,38?,39-,40-/m1/s1. The highest BCUT2D eigenvalue weighted by Crippen LogP contribution is 2.39. The van der Waals surface area contributed by atoms with E-state index >= 15 is 0 Å². The number of Topliss-reactive ketones (excluding diaryl/α,β-unsaturated/α-hetero) is 1. The highest BCUT2D eigenvalue weighted by atomic mass is 16.7. The molecule has 1 unspecified atom stereocenters. The Morgan fingerprint density at radius 3 is 2.31 bits per heavy atom. The lowest BCUT2D eigenvalue weighted by molar-refractivity contribution is -0.295. The van der Waals surface area contributed by atoms with Gasteiger partial charge in [-0.1, -0.05) is 53.1 Å². The number of hydrogen-bond acceptors (Lipinski definition) is 12. The van der Waals surface area contributed by atoms with Crippen LogP contribution in [0.15, 0.2) is 5.16 Å². The zero-order valence-electron chi connectivity index (χ0n) is 34.0. The Bertz CT molecular complexity index is 1210. The number of carbonyl (C=O) groups is 2. The first-order valence-electron chi connectivity index (χ1n) is 19.4. The van der Waals surface area contributed by atoms with E-state index in [4.69, 9.17) is 30.2 Å². The summed E-state index contributed by atoms with van der Waals surface area (Å²) in [5.74, 6) is -2.00. The molecule has 2 aliphatic rings. The largest absolute Gasteiger partial charge is 0.459 e. The molecular weight excluding hydrogens is 668 g/mol. The molecule has 0 aromatic heterocycles. The van der Waals surface area contributed by atoms with E-state index in [9.17, 15) is 24.9 Å². The number of aliphatic hydroxyl groups is 3. The first kappa shape index (κ1) is 46.0. The van der Waals surface area contributed by atoms with E-state index in [1.54, 1.807) is 20.8 Å². The zero-order valence-corrected chi connectivity index (χ0v) is 34.0. The van der Waals surface area contributed by atoms with E-state index in [0.717, 1.165) is 25.7 Å². The number of unbranched alkanes of at least 4 members (excludes halogenated alkanes) is 1. The molecule has 0 radical (unpaired) electrons. The molecule has 12 heteroatoms. The van der Waals surface area contributed by atoms with E-state index in [1.165, 1.54) is 21.0 Å². The molecule has 14 atom stereocenters. The van der Waals surface area contributed by atoms with Crippen LogP contribution in [0.4, 0.5) is 0 Å². The molecule has 0 aromatic carbocycles. The van der Waals surface area contributed by atoms with Crippen molar-refractivity contribution >= 4 is 17.5 Å². The first-order chi connectivity index (χ1) is 24.3. The van der Waals surface area contributed by atoms with E-state index in [1.807, 2.05) is 39.6 Å². The molecule has 2 rings (SSSR count). The van der Waals surface area contributed by atoms with Crippen LogP contribution < -0.4 is 0 Å². The van der Waals surface area contributed by atoms with Gasteiger partial charge in [0.25, 0.3) is 0 Å². The average Bonchev–Trinajstić information content (AvgIpc) is 3.11. The van der Waals surface area contributed by atoms with Gasteiger partial charge in [0.2, 0.25) is 0 Å². The minimum absolute atomic E-state index is 0.149. The van der Waals surface area contributed by atoms with Crippen LogP contribution in [-0.2, 0) is 33.4 Å². The number of hydrogen-bond donors (Lipinski definition) is 3. The summed E-state index contributed by atoms with van der Waals surface area (Å²) in [6, 6.07) is -0.329. The summed E-state index contributed by atoms with van der Waals surface area (Å²) in [5, 5.41) is 39.9. The Morgan fingerprint density at radius 2 is 1.75 bits per heavy atom. The topological polar surface area (TPSA) is 157 Å². The van der Waals surface area contributed by atoms with Crippen molar-refractivity contribution in [1.29, 1.82) is 0 Å². The second kappa shape index (κ2) is 20.5. The van der Waals surface area contributed by atoms with Crippen LogP contribution in [0.2, 0.25) is 0 Å². The summed E-state index contributed by atoms with van der Waals surface area (Å²) in [5.41, 5.74) is -2.63. The van der Waals surface area contributed by atoms with E-state index < -0.39 is 77.3 Å². The number of oxime groups is 1. The van der Waals surface area contributed by atoms with Gasteiger partial charge in [0.05, 0.1) is 29.6 Å². The molecule has 0 saturated carbocycles. The Morgan fingerprint density at radius 1 is 1.10 bits per heavy atom. The number of methoxy groups -OCH3 is 1. The lowest BCUT2D eigenvalue weighted by atomic mass is 9.74. The quantitative estimate of drug-likeness (QED) is 0.102. The van der Waals surface area contributed by atoms with Crippen LogP contribution in [-0.4, -0.2) is 119 Å². The van der Waals surface area contributed by atoms with Crippen LogP contribution in [0.25, 0.3) is 0 Å². The fourth-order valence-electron chi connectivity index (χ4n) is 7.85. The van der Waals surface area contributed by atoms with E-state index in [2.05, 4.69) is 18.0 Å². The lowest BCUT2D eigenvalue weighted by Crippen LogP contribution is -2.60. The normalized spacial score (nSPS) is 39.8. The van der Waals surface area contributed by atoms with Gasteiger partial charge in [0.15, 0.2) is 12.1 Å². The molecule has 52 heavy (non-hydrogen) atoms. The highest BCUT2D eigenvalue weighted by molar-refractivity contribution is 6.00. The Hall–Kier alpha value is -2.11. The maximum absolute atomic E-state index is 14.2. The molecule has 0 amide bonds. The molecule has 0 aromatic rings. The van der Waals surface area contributed by atoms with Crippen LogP contribution in [0, 0.1) is 36.0 Å². The van der Waals surface area contributed by atoms with Crippen molar-refractivity contribution in [2.75, 3.05) is 20.7 Å². The second-order valence-corrected chi connectivity index (χ2v) is 15.7. The smallest absolute Gasteiger partial charge is 0.316 e. The van der Waals surface area contributed by atoms with Crippen molar-refractivity contribution in [2.45, 2.75) is 181 Å². The molecule has 0 aliphatic carbocycles. The second-order valence-electron chi connectivity index (χ2n) is 15.7. The lowest BCUT2D eigenvalue weighted by Gasteiger charge is -2.47. The SMILES string of the molecule is C#CCCN(C)[C@H]1C[C@@H](C)OC(O[C@@H]2[C@@H](C)C(=O)[C@@H](C)C(=O)O[C@H](CC)[C@@](C)(O)[C@H](O)[C@@H](C)/C(=N/O[C@@H](CC)CCCC)[C@H](C)C[C@@]2(C)OC)[C@@H]1O. The van der Waals surface area contributed by atoms with Crippen molar-refractivity contribution in [3.05, 3.63) is 0 Å². The number of ketones is 1. The maximum atomic E-state index is 14.2. The fraction of sp³-hybridized carbons (Fsp3) is 0.875. The number of likely N-dealkylation sites (N-methyl/N-ethyl adjacent to an activating group) is 1. The molecule has 2 aliphatic heterocycles. The fourth-order valence-corrected chi connectivity index (χ4v) is 7.85. The summed E-state index contributed by atoms with van der Waals surface area (Å²) in [7, 11) is 3.42. The average molecular weight is 739 g/mol. The summed E-state index contributed by atoms with van der Waals surface area (Å²) < 4.78 is 25.0. The highest BCUT2D eigenvalue weighted by Gasteiger charge is 2.51. The van der Waals surface area contributed by atoms with Gasteiger partial charge < -0.3 is 39.1 Å². The monoisotopic (exact) mass is 739 g/mol. The summed E-state index contributed by atoms with van der Waals surface area (Å²) in [6.45, 7) is 18.5. The number of rotatable bonds is 13. The number of esters is 1. The van der Waals surface area contributed by atoms with E-state index in [-0.39, 0.29) is 31.1 Å². The molecule has 300 valence electrons. The van der Waals surface area contributed by atoms with Gasteiger partial charge in [-0.25, -0.2) is 0 Å². The van der Waals surface area contributed by atoms with Gasteiger partial charge in [-0.3, -0.25) is 14.5 Å². The van der Waals surface area contributed by atoms with Crippen molar-refractivity contribution < 1.29 is 48.7 Å². The van der Waals surface area contributed by atoms with Gasteiger partial charge in [-0.15, -0.1) is 12.3 Å². The van der Waals surface area contributed by atoms with Crippen LogP contribution in [0.1, 0.15) is 121 Å². The van der Waals surface area contributed by atoms with Crippen LogP contribution in [0.5, 0.6) is 0 Å². The summed E-state index contributed by atoms with van der Waals surface area (Å²) in [6.07, 6.45) is 4.30. The summed E-state index contributed by atoms with van der Waals surface area (Å²) >= 11 is 0. The summed E-state index contributed by atoms with van der Waals surface area (Å²) in [4.78, 5) is 35.9. The van der Waals surface area contributed by atoms with Gasteiger partial charge in [-0.2, -0.15) is 0 Å². The maximum Gasteiger partial charge on any atom is 0.316 e. The van der Waals surface area contributed by atoms with E-state index in [0.29, 0.717) is 25.1 Å². The van der Waals surface area contributed by atoms with Gasteiger partial charge >= 0.3 is 5.97 Å². The Balaban J connectivity index is 2.74. The molecule has 0 bridgehead atoms. The number of nitrogens with zero attached hydrogens (tertiary/aromatic N) is 2. The number of carbonyl (C=O) groups excluding carboxylic acids is 2. The molecule has 2 heterocycles. The molecule has 3 N–H and O–H groups in total. The minimum atomic E-state index is -1.89. The predicted molar refractivity (Wildman–Crippen MR) is 200 cm³/mol. The van der Waals surface area contributed by atoms with Crippen molar-refractivity contribution in [3.63, 3.8) is 0 Å². The third-order valence-electron chi connectivity index (χ3n) is 11.5. The van der Waals surface area contributed by atoms with Crippen molar-refractivity contribution in [1.82, 2.24) is 4.90 Å². The van der Waals surface area contributed by atoms with Gasteiger partial charge in [0, 0.05) is 43.9 Å². The molecular formula is C40H70N2O10. The van der Waals surface area contributed by atoms with Crippen LogP contribution in [0.3, 0.4) is 0 Å². The molecule has 2 fully saturated rings. The number of aliphatic hydroxyl groups excluding tert-OH is 2. The third-order valence-corrected chi connectivity index (χ3v) is 11.5. The number of terminal acetylenes is 1. The predicted octanol–water partition coefficient (Wildman–Crippen LogP) is 4.89. The van der Waals surface area contributed by atoms with Gasteiger partial charge in [0.1, 0.15) is 29.8 Å². The third kappa shape index (κ3) is 11.2. The first-order valence-corrected chi connectivity index (χ1v) is 19.4. The molecule has 0 spiro atoms. The van der Waals surface area contributed by atoms with Crippen molar-refractivity contribution in [2.24, 2.45) is 28.8 Å². The zero-order chi connectivity index (χ0) is 39.6. The Labute approximate surface area is 313 Å². The number of cyclic esters (lactones) is 1. The number of ether oxygens (including phenoxy) is 4. The van der Waals surface area contributed by atoms with Crippen molar-refractivity contribution in [3.8, 4) is 12.3 Å². The Kier molecular flexibility index (Phi) is 18.2. The van der Waals surface area contributed by atoms with Gasteiger partial charge in [-0.05, 0) is 73.3 Å². The molecule has 12 nitrogen and oxygen atoms in total. The minimum Gasteiger partial charge on any atom is -0.459 e. The molecule has 2 saturated heterocycles. The van der Waals surface area contributed by atoms with Crippen LogP contribution >= 0.6 is 0 Å².